The Balaban J connectivity index is 1.36. The highest BCUT2D eigenvalue weighted by Crippen LogP contribution is 2.18. The minimum atomic E-state index is -0.138. The van der Waals surface area contributed by atoms with Crippen LogP contribution in [-0.2, 0) is 0 Å². The predicted molar refractivity (Wildman–Crippen MR) is 111 cm³/mol. The molecule has 0 radical (unpaired) electrons. The number of rotatable bonds is 3. The van der Waals surface area contributed by atoms with Crippen molar-refractivity contribution in [3.05, 3.63) is 78.9 Å². The minimum Gasteiger partial charge on any atom is -0.368 e. The summed E-state index contributed by atoms with van der Waals surface area (Å²) in [5, 5.41) is 5.21. The summed E-state index contributed by atoms with van der Waals surface area (Å²) in [5.74, 6) is 0.0729. The van der Waals surface area contributed by atoms with Crippen molar-refractivity contribution in [2.75, 3.05) is 31.1 Å². The van der Waals surface area contributed by atoms with E-state index in [0.29, 0.717) is 18.7 Å². The molecule has 144 valence electrons. The van der Waals surface area contributed by atoms with Crippen LogP contribution in [0.2, 0.25) is 0 Å². The number of fused-ring (bicyclic) bond motifs is 1. The van der Waals surface area contributed by atoms with Gasteiger partial charge in [0.05, 0.1) is 17.3 Å². The van der Waals surface area contributed by atoms with Crippen LogP contribution in [0.1, 0.15) is 10.6 Å². The van der Waals surface area contributed by atoms with Crippen molar-refractivity contribution in [1.29, 1.82) is 0 Å². The third-order valence-corrected chi connectivity index (χ3v) is 5.19. The summed E-state index contributed by atoms with van der Waals surface area (Å²) in [5.41, 5.74) is 2.72. The molecule has 0 N–H and O–H groups in total. The van der Waals surface area contributed by atoms with Gasteiger partial charge in [-0.3, -0.25) is 4.79 Å². The van der Waals surface area contributed by atoms with Crippen LogP contribution in [0, 0.1) is 0 Å². The Bertz CT molecular complexity index is 1130. The zero-order valence-corrected chi connectivity index (χ0v) is 15.8. The molecule has 7 heteroatoms. The predicted octanol–water partition coefficient (Wildman–Crippen LogP) is 2.78. The van der Waals surface area contributed by atoms with Gasteiger partial charge in [0, 0.05) is 38.1 Å². The summed E-state index contributed by atoms with van der Waals surface area (Å²) in [6.45, 7) is 2.88. The Kier molecular flexibility index (Phi) is 4.40. The third-order valence-electron chi connectivity index (χ3n) is 5.19. The van der Waals surface area contributed by atoms with Crippen molar-refractivity contribution in [2.24, 2.45) is 0 Å². The topological polar surface area (TPSA) is 67.2 Å². The molecular formula is C22H20N6O. The van der Waals surface area contributed by atoms with Crippen molar-refractivity contribution in [3.8, 4) is 5.69 Å². The number of hydrogen-bond acceptors (Lipinski definition) is 5. The van der Waals surface area contributed by atoms with Crippen LogP contribution < -0.4 is 4.90 Å². The number of nitrogens with zero attached hydrogens (tertiary/aromatic N) is 6. The van der Waals surface area contributed by atoms with Crippen LogP contribution >= 0.6 is 0 Å². The Morgan fingerprint density at radius 3 is 2.14 bits per heavy atom. The molecule has 1 fully saturated rings. The van der Waals surface area contributed by atoms with E-state index in [0.717, 1.165) is 24.2 Å². The first-order valence-electron chi connectivity index (χ1n) is 9.65. The van der Waals surface area contributed by atoms with Crippen LogP contribution in [0.3, 0.4) is 0 Å². The van der Waals surface area contributed by atoms with E-state index >= 15 is 0 Å². The molecule has 7 nitrogen and oxygen atoms in total. The first-order chi connectivity index (χ1) is 14.3. The second kappa shape index (κ2) is 7.35. The highest BCUT2D eigenvalue weighted by atomic mass is 16.2. The monoisotopic (exact) mass is 384 g/mol. The Morgan fingerprint density at radius 1 is 0.793 bits per heavy atom. The fourth-order valence-electron chi connectivity index (χ4n) is 3.63. The van der Waals surface area contributed by atoms with Gasteiger partial charge in [-0.1, -0.05) is 36.4 Å². The van der Waals surface area contributed by atoms with E-state index in [-0.39, 0.29) is 11.7 Å². The smallest absolute Gasteiger partial charge is 0.291 e. The molecule has 1 saturated heterocycles. The average Bonchev–Trinajstić information content (AvgIpc) is 3.23. The standard InChI is InChI=1S/C22H20N6O/c29-22(27-13-11-26(12-14-27)18-7-3-1-4-8-18)20-23-15-17-16-24-28(21(17)25-20)19-9-5-2-6-10-19/h1-10,15-16H,11-14H2. The van der Waals surface area contributed by atoms with Crippen LogP contribution in [0.5, 0.6) is 0 Å². The number of benzene rings is 2. The summed E-state index contributed by atoms with van der Waals surface area (Å²) < 4.78 is 1.74. The molecule has 2 aromatic carbocycles. The maximum atomic E-state index is 13.0. The molecule has 0 aliphatic carbocycles. The van der Waals surface area contributed by atoms with Crippen molar-refractivity contribution >= 4 is 22.6 Å². The van der Waals surface area contributed by atoms with Crippen molar-refractivity contribution in [1.82, 2.24) is 24.6 Å². The first-order valence-corrected chi connectivity index (χ1v) is 9.65. The largest absolute Gasteiger partial charge is 0.368 e. The number of carbonyl (C=O) groups is 1. The summed E-state index contributed by atoms with van der Waals surface area (Å²) in [4.78, 5) is 26.0. The van der Waals surface area contributed by atoms with E-state index in [9.17, 15) is 4.79 Å². The second-order valence-electron chi connectivity index (χ2n) is 6.98. The van der Waals surface area contributed by atoms with Gasteiger partial charge < -0.3 is 9.80 Å². The molecule has 1 amide bonds. The van der Waals surface area contributed by atoms with Gasteiger partial charge in [-0.2, -0.15) is 5.10 Å². The molecule has 0 saturated carbocycles. The lowest BCUT2D eigenvalue weighted by Crippen LogP contribution is -2.49. The molecule has 5 rings (SSSR count). The molecule has 29 heavy (non-hydrogen) atoms. The van der Waals surface area contributed by atoms with Gasteiger partial charge in [-0.25, -0.2) is 14.6 Å². The van der Waals surface area contributed by atoms with Gasteiger partial charge >= 0.3 is 0 Å². The van der Waals surface area contributed by atoms with Gasteiger partial charge in [-0.05, 0) is 24.3 Å². The third kappa shape index (κ3) is 3.31. The van der Waals surface area contributed by atoms with Crippen LogP contribution in [-0.4, -0.2) is 56.7 Å². The van der Waals surface area contributed by atoms with E-state index < -0.39 is 0 Å². The Morgan fingerprint density at radius 2 is 1.45 bits per heavy atom. The van der Waals surface area contributed by atoms with Crippen LogP contribution in [0.25, 0.3) is 16.7 Å². The summed E-state index contributed by atoms with van der Waals surface area (Å²) in [6.07, 6.45) is 3.39. The maximum Gasteiger partial charge on any atom is 0.291 e. The number of carbonyl (C=O) groups excluding carboxylic acids is 1. The lowest BCUT2D eigenvalue weighted by Gasteiger charge is -2.35. The Labute approximate surface area is 168 Å². The number of anilines is 1. The summed E-state index contributed by atoms with van der Waals surface area (Å²) in [6, 6.07) is 20.0. The molecule has 1 aliphatic rings. The van der Waals surface area contributed by atoms with Gasteiger partial charge in [0.2, 0.25) is 5.82 Å². The van der Waals surface area contributed by atoms with E-state index in [1.807, 2.05) is 53.4 Å². The SMILES string of the molecule is O=C(c1ncc2cnn(-c3ccccc3)c2n1)N1CCN(c2ccccc2)CC1. The van der Waals surface area contributed by atoms with Gasteiger partial charge in [0.15, 0.2) is 5.65 Å². The number of aromatic nitrogens is 4. The van der Waals surface area contributed by atoms with Gasteiger partial charge in [0.1, 0.15) is 0 Å². The number of piperazine rings is 1. The van der Waals surface area contributed by atoms with Crippen molar-refractivity contribution in [2.45, 2.75) is 0 Å². The number of hydrogen-bond donors (Lipinski definition) is 0. The normalized spacial score (nSPS) is 14.3. The molecule has 2 aromatic heterocycles. The lowest BCUT2D eigenvalue weighted by atomic mass is 10.2. The molecule has 3 heterocycles. The van der Waals surface area contributed by atoms with E-state index in [1.54, 1.807) is 17.1 Å². The molecule has 0 bridgehead atoms. The molecule has 1 aliphatic heterocycles. The molecular weight excluding hydrogens is 364 g/mol. The molecule has 0 atom stereocenters. The quantitative estimate of drug-likeness (QED) is 0.543. The van der Waals surface area contributed by atoms with E-state index in [1.165, 1.54) is 5.69 Å². The van der Waals surface area contributed by atoms with Crippen LogP contribution in [0.15, 0.2) is 73.1 Å². The van der Waals surface area contributed by atoms with Crippen molar-refractivity contribution in [3.63, 3.8) is 0 Å². The first kappa shape index (κ1) is 17.4. The van der Waals surface area contributed by atoms with Gasteiger partial charge in [0.25, 0.3) is 5.91 Å². The fourth-order valence-corrected chi connectivity index (χ4v) is 3.63. The van der Waals surface area contributed by atoms with Crippen molar-refractivity contribution < 1.29 is 4.79 Å². The molecule has 4 aromatic rings. The zero-order valence-electron chi connectivity index (χ0n) is 15.8. The average molecular weight is 384 g/mol. The summed E-state index contributed by atoms with van der Waals surface area (Å²) in [7, 11) is 0. The fraction of sp³-hybridized carbons (Fsp3) is 0.182. The minimum absolute atomic E-state index is 0.138. The molecule has 0 unspecified atom stereocenters. The zero-order chi connectivity index (χ0) is 19.6. The van der Waals surface area contributed by atoms with Crippen LogP contribution in [0.4, 0.5) is 5.69 Å². The number of para-hydroxylation sites is 2. The lowest BCUT2D eigenvalue weighted by molar-refractivity contribution is 0.0735. The Hall–Kier alpha value is -3.74. The molecule has 0 spiro atoms. The highest BCUT2D eigenvalue weighted by Gasteiger charge is 2.24. The second-order valence-corrected chi connectivity index (χ2v) is 6.98. The number of amides is 1. The van der Waals surface area contributed by atoms with Gasteiger partial charge in [-0.15, -0.1) is 0 Å². The highest BCUT2D eigenvalue weighted by molar-refractivity contribution is 5.92. The summed E-state index contributed by atoms with van der Waals surface area (Å²) >= 11 is 0. The van der Waals surface area contributed by atoms with E-state index in [4.69, 9.17) is 0 Å². The maximum absolute atomic E-state index is 13.0. The van der Waals surface area contributed by atoms with E-state index in [2.05, 4.69) is 32.1 Å².